The highest BCUT2D eigenvalue weighted by molar-refractivity contribution is 7.17. The lowest BCUT2D eigenvalue weighted by atomic mass is 10.1. The number of carbonyl (C=O) groups excluding carboxylic acids is 3. The number of hydrogen-bond acceptors (Lipinski definition) is 7. The van der Waals surface area contributed by atoms with Crippen molar-refractivity contribution in [3.05, 3.63) is 45.1 Å². The lowest BCUT2D eigenvalue weighted by Crippen LogP contribution is -2.42. The van der Waals surface area contributed by atoms with E-state index in [-0.39, 0.29) is 31.7 Å². The van der Waals surface area contributed by atoms with Crippen molar-refractivity contribution in [2.75, 3.05) is 43.3 Å². The second kappa shape index (κ2) is 9.23. The van der Waals surface area contributed by atoms with Gasteiger partial charge in [0.05, 0.1) is 22.4 Å². The van der Waals surface area contributed by atoms with Crippen molar-refractivity contribution in [1.82, 2.24) is 4.90 Å². The summed E-state index contributed by atoms with van der Waals surface area (Å²) >= 11 is 7.05. The summed E-state index contributed by atoms with van der Waals surface area (Å²) in [6.07, 6.45) is -1.57. The summed E-state index contributed by atoms with van der Waals surface area (Å²) in [5, 5.41) is 2.64. The maximum Gasteiger partial charge on any atom is 0.414 e. The van der Waals surface area contributed by atoms with E-state index in [1.165, 1.54) is 16.2 Å². The molecule has 3 heterocycles. The van der Waals surface area contributed by atoms with E-state index in [9.17, 15) is 14.4 Å². The molecule has 164 valence electrons. The van der Waals surface area contributed by atoms with E-state index in [2.05, 4.69) is 5.32 Å². The predicted octanol–water partition coefficient (Wildman–Crippen LogP) is 3.08. The highest BCUT2D eigenvalue weighted by atomic mass is 35.5. The molecule has 0 bridgehead atoms. The molecule has 2 saturated heterocycles. The number of anilines is 2. The molecule has 31 heavy (non-hydrogen) atoms. The Hall–Kier alpha value is -2.66. The number of ether oxygens (including phenoxy) is 3. The molecule has 2 fully saturated rings. The van der Waals surface area contributed by atoms with Crippen LogP contribution in [0, 0.1) is 6.92 Å². The van der Waals surface area contributed by atoms with Crippen LogP contribution in [0.4, 0.5) is 16.2 Å². The third-order valence-electron chi connectivity index (χ3n) is 4.82. The minimum atomic E-state index is -0.870. The first kappa shape index (κ1) is 21.6. The van der Waals surface area contributed by atoms with Gasteiger partial charge in [0.15, 0.2) is 0 Å². The summed E-state index contributed by atoms with van der Waals surface area (Å²) < 4.78 is 16.3. The van der Waals surface area contributed by atoms with Crippen molar-refractivity contribution < 1.29 is 28.6 Å². The van der Waals surface area contributed by atoms with Gasteiger partial charge in [-0.3, -0.25) is 14.9 Å². The average molecular weight is 466 g/mol. The number of nitrogens with one attached hydrogen (secondary N) is 1. The zero-order valence-corrected chi connectivity index (χ0v) is 18.2. The van der Waals surface area contributed by atoms with Gasteiger partial charge in [-0.15, -0.1) is 11.3 Å². The first-order valence-electron chi connectivity index (χ1n) is 9.53. The first-order valence-corrected chi connectivity index (χ1v) is 10.7. The molecule has 1 aromatic heterocycles. The van der Waals surface area contributed by atoms with Crippen LogP contribution in [0.15, 0.2) is 30.3 Å². The molecule has 1 atom stereocenters. The third-order valence-corrected chi connectivity index (χ3v) is 6.03. The topological polar surface area (TPSA) is 97.4 Å². The van der Waals surface area contributed by atoms with E-state index in [1.54, 1.807) is 35.2 Å². The van der Waals surface area contributed by atoms with Crippen LogP contribution in [-0.2, 0) is 19.0 Å². The van der Waals surface area contributed by atoms with E-state index in [1.807, 2.05) is 6.92 Å². The largest absolute Gasteiger partial charge is 0.417 e. The van der Waals surface area contributed by atoms with E-state index in [0.717, 1.165) is 11.3 Å². The van der Waals surface area contributed by atoms with Gasteiger partial charge in [-0.1, -0.05) is 11.6 Å². The molecule has 2 aliphatic heterocycles. The molecule has 1 unspecified atom stereocenters. The average Bonchev–Trinajstić information content (AvgIpc) is 3.37. The normalized spacial score (nSPS) is 18.9. The van der Waals surface area contributed by atoms with Gasteiger partial charge in [0.25, 0.3) is 11.8 Å². The highest BCUT2D eigenvalue weighted by Crippen LogP contribution is 2.26. The summed E-state index contributed by atoms with van der Waals surface area (Å²) in [5.41, 5.74) is 2.12. The molecule has 9 nitrogen and oxygen atoms in total. The summed E-state index contributed by atoms with van der Waals surface area (Å²) in [5.74, 6) is -0.330. The number of morpholine rings is 1. The predicted molar refractivity (Wildman–Crippen MR) is 115 cm³/mol. The van der Waals surface area contributed by atoms with Crippen molar-refractivity contribution in [2.45, 2.75) is 13.2 Å². The van der Waals surface area contributed by atoms with E-state index >= 15 is 0 Å². The molecule has 2 aliphatic rings. The van der Waals surface area contributed by atoms with E-state index < -0.39 is 12.4 Å². The Bertz CT molecular complexity index is 1010. The van der Waals surface area contributed by atoms with E-state index in [0.29, 0.717) is 28.1 Å². The Labute approximate surface area is 187 Å². The van der Waals surface area contributed by atoms with Crippen molar-refractivity contribution in [2.24, 2.45) is 0 Å². The number of amides is 3. The number of halogens is 1. The van der Waals surface area contributed by atoms with Crippen LogP contribution in [0.3, 0.4) is 0 Å². The summed E-state index contributed by atoms with van der Waals surface area (Å²) in [4.78, 5) is 40.3. The lowest BCUT2D eigenvalue weighted by molar-refractivity contribution is -0.125. The number of benzene rings is 1. The number of nitrogens with zero attached hydrogens (tertiary/aromatic N) is 2. The van der Waals surface area contributed by atoms with Crippen molar-refractivity contribution in [3.8, 4) is 0 Å². The van der Waals surface area contributed by atoms with Crippen LogP contribution in [0.25, 0.3) is 0 Å². The monoisotopic (exact) mass is 465 g/mol. The van der Waals surface area contributed by atoms with Crippen LogP contribution >= 0.6 is 22.9 Å². The number of thiophene rings is 1. The second-order valence-electron chi connectivity index (χ2n) is 6.99. The fourth-order valence-corrected chi connectivity index (χ4v) is 4.34. The van der Waals surface area contributed by atoms with Crippen LogP contribution in [-0.4, -0.2) is 62.1 Å². The third kappa shape index (κ3) is 4.99. The molecule has 3 amide bonds. The van der Waals surface area contributed by atoms with Gasteiger partial charge in [0, 0.05) is 17.9 Å². The minimum Gasteiger partial charge on any atom is -0.417 e. The van der Waals surface area contributed by atoms with Gasteiger partial charge in [0.1, 0.15) is 13.3 Å². The molecular formula is C20H20ClN3O6S. The Morgan fingerprint density at radius 1 is 1.29 bits per heavy atom. The molecule has 1 N–H and O–H groups in total. The lowest BCUT2D eigenvalue weighted by Gasteiger charge is -2.28. The Morgan fingerprint density at radius 2 is 2.13 bits per heavy atom. The Morgan fingerprint density at radius 3 is 2.84 bits per heavy atom. The Balaban J connectivity index is 1.31. The minimum absolute atomic E-state index is 0.0215. The zero-order valence-electron chi connectivity index (χ0n) is 16.6. The molecule has 11 heteroatoms. The maximum atomic E-state index is 12.4. The fourth-order valence-electron chi connectivity index (χ4n) is 3.33. The van der Waals surface area contributed by atoms with Gasteiger partial charge in [-0.25, -0.2) is 4.79 Å². The number of carbonyl (C=O) groups is 3. The molecule has 0 aliphatic carbocycles. The number of hydrogen-bond donors (Lipinski definition) is 1. The molecule has 1 aromatic carbocycles. The van der Waals surface area contributed by atoms with Crippen LogP contribution in [0.2, 0.25) is 4.34 Å². The summed E-state index contributed by atoms with van der Waals surface area (Å²) in [7, 11) is 0. The molecule has 0 saturated carbocycles. The van der Waals surface area contributed by atoms with Crippen LogP contribution in [0.1, 0.15) is 15.2 Å². The molecule has 0 spiro atoms. The first-order chi connectivity index (χ1) is 14.9. The number of aryl methyl sites for hydroxylation is 1. The second-order valence-corrected chi connectivity index (χ2v) is 8.70. The van der Waals surface area contributed by atoms with E-state index in [4.69, 9.17) is 25.8 Å². The molecule has 4 rings (SSSR count). The van der Waals surface area contributed by atoms with Crippen molar-refractivity contribution >= 4 is 52.2 Å². The van der Waals surface area contributed by atoms with Gasteiger partial charge in [0.2, 0.25) is 6.29 Å². The zero-order chi connectivity index (χ0) is 22.0. The molecule has 2 aromatic rings. The van der Waals surface area contributed by atoms with Gasteiger partial charge in [-0.2, -0.15) is 0 Å². The fraction of sp³-hybridized carbons (Fsp3) is 0.350. The molecule has 0 radical (unpaired) electrons. The van der Waals surface area contributed by atoms with Crippen LogP contribution < -0.4 is 10.2 Å². The Kier molecular flexibility index (Phi) is 6.42. The summed E-state index contributed by atoms with van der Waals surface area (Å²) in [6.45, 7) is 3.03. The standard InChI is InChI=1S/C20H20ClN3O6S/c1-12-8-13(2-3-14(12)24-6-7-28-10-17(24)25)22-20(27)30-18-9-23(11-29-18)19(26)15-4-5-16(21)31-15/h2-5,8,18H,6-7,9-11H2,1H3,(H,22,27). The summed E-state index contributed by atoms with van der Waals surface area (Å²) in [6, 6.07) is 8.52. The van der Waals surface area contributed by atoms with Gasteiger partial charge >= 0.3 is 6.09 Å². The molecular weight excluding hydrogens is 446 g/mol. The van der Waals surface area contributed by atoms with Gasteiger partial charge < -0.3 is 24.0 Å². The highest BCUT2D eigenvalue weighted by Gasteiger charge is 2.31. The van der Waals surface area contributed by atoms with Crippen molar-refractivity contribution in [3.63, 3.8) is 0 Å². The smallest absolute Gasteiger partial charge is 0.414 e. The number of rotatable bonds is 4. The quantitative estimate of drug-likeness (QED) is 0.745. The van der Waals surface area contributed by atoms with Gasteiger partial charge in [-0.05, 0) is 42.8 Å². The maximum absolute atomic E-state index is 12.4. The SMILES string of the molecule is Cc1cc(NC(=O)OC2CN(C(=O)c3ccc(Cl)s3)CO2)ccc1N1CCOCC1=O. The van der Waals surface area contributed by atoms with Crippen LogP contribution in [0.5, 0.6) is 0 Å². The van der Waals surface area contributed by atoms with Crippen molar-refractivity contribution in [1.29, 1.82) is 0 Å².